The average Bonchev–Trinajstić information content (AvgIpc) is 3.25. The monoisotopic (exact) mass is 636 g/mol. The molecule has 0 saturated carbocycles. The fraction of sp³-hybridized carbons (Fsp3) is 0.778. The maximum Gasteiger partial charge on any atom is 0.348 e. The summed E-state index contributed by atoms with van der Waals surface area (Å²) >= 11 is 5.01. The lowest BCUT2D eigenvalue weighted by Gasteiger charge is -2.25. The van der Waals surface area contributed by atoms with Gasteiger partial charge in [-0.3, -0.25) is 13.7 Å². The van der Waals surface area contributed by atoms with E-state index >= 15 is 0 Å². The van der Waals surface area contributed by atoms with Crippen LogP contribution in [0.5, 0.6) is 0 Å². The summed E-state index contributed by atoms with van der Waals surface area (Å²) in [7, 11) is -0.937. The molecule has 0 aliphatic carbocycles. The molecule has 2 aliphatic rings. The summed E-state index contributed by atoms with van der Waals surface area (Å²) in [6, 6.07) is -1.69. The molecule has 8 atom stereocenters. The second-order valence-corrected chi connectivity index (χ2v) is 18.5. The van der Waals surface area contributed by atoms with E-state index in [2.05, 4.69) is 0 Å². The highest BCUT2D eigenvalue weighted by Crippen LogP contribution is 2.51. The largest absolute Gasteiger partial charge is 0.378 e. The summed E-state index contributed by atoms with van der Waals surface area (Å²) in [6.07, 6.45) is 0.309. The Kier molecular flexibility index (Phi) is 14.1. The van der Waals surface area contributed by atoms with Crippen LogP contribution in [0.25, 0.3) is 0 Å². The molecule has 6 N–H and O–H groups in total. The third kappa shape index (κ3) is 13.5. The van der Waals surface area contributed by atoms with Crippen molar-refractivity contribution in [3.63, 3.8) is 0 Å². The average molecular weight is 636 g/mol. The van der Waals surface area contributed by atoms with Gasteiger partial charge in [-0.2, -0.15) is 0 Å². The Bertz CT molecular complexity index is 950. The maximum atomic E-state index is 11.7. The lowest BCUT2D eigenvalue weighted by Crippen LogP contribution is -2.24. The van der Waals surface area contributed by atoms with Gasteiger partial charge >= 0.3 is 22.8 Å². The molecule has 20 heteroatoms. The van der Waals surface area contributed by atoms with Crippen molar-refractivity contribution in [1.29, 1.82) is 0 Å². The molecule has 2 rings (SSSR count). The fourth-order valence-corrected chi connectivity index (χ4v) is 5.76. The van der Waals surface area contributed by atoms with Crippen LogP contribution in [0.1, 0.15) is 40.5 Å². The highest BCUT2D eigenvalue weighted by atomic mass is 32.5. The highest BCUT2D eigenvalue weighted by Gasteiger charge is 2.38. The zero-order chi connectivity index (χ0) is 29.7. The third-order valence-electron chi connectivity index (χ3n) is 5.19. The van der Waals surface area contributed by atoms with Crippen molar-refractivity contribution < 1.29 is 61.6 Å². The minimum Gasteiger partial charge on any atom is -0.378 e. The predicted octanol–water partition coefficient (Wildman–Crippen LogP) is 2.00. The van der Waals surface area contributed by atoms with E-state index in [0.29, 0.717) is 12.2 Å². The van der Waals surface area contributed by atoms with Gasteiger partial charge < -0.3 is 47.9 Å². The SMILES string of the molecule is [B][C@@H]1O[C@H](/C=C/P(=O)(O)O)C[C@H]1OP(=O)(O)C(C)C.[B][C@@H]1O[C@H](/C=C/P(=O)(O)O)C[C@H]1OP(O)(=S)C(C)C. The summed E-state index contributed by atoms with van der Waals surface area (Å²) in [5, 5.41) is 0. The first-order valence-electron chi connectivity index (χ1n) is 11.4. The zero-order valence-electron chi connectivity index (χ0n) is 21.2. The van der Waals surface area contributed by atoms with Gasteiger partial charge in [0, 0.05) is 42.1 Å². The molecule has 2 saturated heterocycles. The molecule has 2 aliphatic heterocycles. The normalized spacial score (nSPS) is 32.0. The molecule has 2 unspecified atom stereocenters. The molecule has 38 heavy (non-hydrogen) atoms. The molecule has 216 valence electrons. The van der Waals surface area contributed by atoms with Crippen LogP contribution >= 0.6 is 29.3 Å². The standard InChI is InChI=1S/C9H17BO7P2.C9H17BO6P2S/c1-6(2)19(14,15)17-8-5-7(16-9(8)10)3-4-18(11,12)13;1-6(2)18(14,19)16-8-5-7(15-9(8)10)3-4-17(11,12)13/h3-4,6-9H,5H2,1-2H3,(H,14,15)(H2,11,12,13);3-4,6-9H,5H2,1-2H3,(H,14,19)(H2,11,12,13)/b2*4-3+/t7-,8-,9-;7-,8-,9-,18?/m11/s1. The Morgan fingerprint density at radius 2 is 1.13 bits per heavy atom. The molecule has 0 bridgehead atoms. The van der Waals surface area contributed by atoms with Gasteiger partial charge in [-0.05, 0) is 24.0 Å². The van der Waals surface area contributed by atoms with Gasteiger partial charge in [-0.25, -0.2) is 0 Å². The van der Waals surface area contributed by atoms with Gasteiger partial charge in [-0.15, -0.1) is 0 Å². The highest BCUT2D eigenvalue weighted by molar-refractivity contribution is 8.09. The minimum atomic E-state index is -4.26. The third-order valence-corrected chi connectivity index (χ3v) is 11.6. The van der Waals surface area contributed by atoms with E-state index in [4.69, 9.17) is 65.6 Å². The first-order valence-corrected chi connectivity index (χ1v) is 19.1. The Morgan fingerprint density at radius 3 is 1.45 bits per heavy atom. The van der Waals surface area contributed by atoms with E-state index in [1.54, 1.807) is 27.7 Å². The predicted molar refractivity (Wildman–Crippen MR) is 147 cm³/mol. The molecule has 2 heterocycles. The number of rotatable bonds is 10. The van der Waals surface area contributed by atoms with Crippen LogP contribution in [-0.4, -0.2) is 92.8 Å². The second kappa shape index (κ2) is 14.6. The molecule has 13 nitrogen and oxygen atoms in total. The van der Waals surface area contributed by atoms with Gasteiger partial charge in [0.1, 0.15) is 15.7 Å². The number of hydrogen-bond donors (Lipinski definition) is 6. The smallest absolute Gasteiger partial charge is 0.348 e. The molecule has 0 aromatic rings. The second-order valence-electron chi connectivity index (χ2n) is 9.21. The lowest BCUT2D eigenvalue weighted by molar-refractivity contribution is 0.0807. The van der Waals surface area contributed by atoms with E-state index in [1.807, 2.05) is 0 Å². The summed E-state index contributed by atoms with van der Waals surface area (Å²) < 4.78 is 54.1. The zero-order valence-corrected chi connectivity index (χ0v) is 25.6. The quantitative estimate of drug-likeness (QED) is 0.150. The van der Waals surface area contributed by atoms with Crippen LogP contribution in [0.15, 0.2) is 23.8 Å². The van der Waals surface area contributed by atoms with E-state index < -0.39 is 71.4 Å². The van der Waals surface area contributed by atoms with Crippen LogP contribution in [0.4, 0.5) is 0 Å². The molecule has 0 spiro atoms. The summed E-state index contributed by atoms with van der Waals surface area (Å²) in [5.74, 6) is 1.48. The Hall–Kier alpha value is 0.550. The number of ether oxygens (including phenoxy) is 2. The summed E-state index contributed by atoms with van der Waals surface area (Å²) in [6.45, 7) is 3.68. The van der Waals surface area contributed by atoms with Gasteiger partial charge in [0.2, 0.25) is 0 Å². The van der Waals surface area contributed by atoms with Crippen molar-refractivity contribution in [2.45, 2.75) is 88.3 Å². The molecule has 2 fully saturated rings. The molecular formula is C18H34B2O13P4S. The van der Waals surface area contributed by atoms with Crippen molar-refractivity contribution in [3.05, 3.63) is 23.8 Å². The Morgan fingerprint density at radius 1 is 0.763 bits per heavy atom. The first kappa shape index (κ1) is 36.6. The van der Waals surface area contributed by atoms with E-state index in [0.717, 1.165) is 5.82 Å². The summed E-state index contributed by atoms with van der Waals surface area (Å²) in [4.78, 5) is 54.4. The molecule has 0 aromatic carbocycles. The van der Waals surface area contributed by atoms with Gasteiger partial charge in [0.15, 0.2) is 6.49 Å². The number of hydrogen-bond acceptors (Lipinski definition) is 8. The van der Waals surface area contributed by atoms with Crippen LogP contribution in [0.2, 0.25) is 0 Å². The molecule has 0 amide bonds. The van der Waals surface area contributed by atoms with Crippen LogP contribution in [0.3, 0.4) is 0 Å². The van der Waals surface area contributed by atoms with Crippen LogP contribution < -0.4 is 0 Å². The van der Waals surface area contributed by atoms with Crippen molar-refractivity contribution in [2.24, 2.45) is 0 Å². The van der Waals surface area contributed by atoms with Crippen molar-refractivity contribution in [1.82, 2.24) is 0 Å². The van der Waals surface area contributed by atoms with Gasteiger partial charge in [0.05, 0.1) is 30.1 Å². The van der Waals surface area contributed by atoms with Crippen molar-refractivity contribution in [3.8, 4) is 0 Å². The first-order chi connectivity index (χ1) is 17.0. The summed E-state index contributed by atoms with van der Waals surface area (Å²) in [5.41, 5.74) is -0.760. The van der Waals surface area contributed by atoms with Crippen LogP contribution in [0, 0.1) is 0 Å². The van der Waals surface area contributed by atoms with E-state index in [9.17, 15) is 23.5 Å². The molecule has 0 aromatic heterocycles. The van der Waals surface area contributed by atoms with Gasteiger partial charge in [0.25, 0.3) is 0 Å². The topological polar surface area (TPSA) is 210 Å². The maximum absolute atomic E-state index is 11.7. The van der Waals surface area contributed by atoms with Gasteiger partial charge in [-0.1, -0.05) is 27.7 Å². The Labute approximate surface area is 230 Å². The Balaban J connectivity index is 0.000000380. The van der Waals surface area contributed by atoms with Crippen molar-refractivity contribution >= 4 is 56.8 Å². The molecular weight excluding hydrogens is 602 g/mol. The fourth-order valence-electron chi connectivity index (χ4n) is 2.92. The lowest BCUT2D eigenvalue weighted by atomic mass is 9.94. The van der Waals surface area contributed by atoms with Crippen molar-refractivity contribution in [2.75, 3.05) is 0 Å². The van der Waals surface area contributed by atoms with E-state index in [-0.39, 0.29) is 12.1 Å². The van der Waals surface area contributed by atoms with Crippen LogP contribution in [-0.2, 0) is 44.0 Å². The minimum absolute atomic E-state index is 0.162. The molecule has 4 radical (unpaired) electrons. The van der Waals surface area contributed by atoms with E-state index in [1.165, 1.54) is 12.2 Å².